The average molecular weight is 428 g/mol. The maximum atomic E-state index is 12.7. The van der Waals surface area contributed by atoms with Crippen LogP contribution in [-0.2, 0) is 16.1 Å². The van der Waals surface area contributed by atoms with E-state index in [2.05, 4.69) is 10.3 Å². The zero-order chi connectivity index (χ0) is 21.1. The number of hydrogen-bond donors (Lipinski definition) is 1. The van der Waals surface area contributed by atoms with Crippen molar-refractivity contribution in [1.29, 1.82) is 0 Å². The lowest BCUT2D eigenvalue weighted by Crippen LogP contribution is -2.23. The maximum absolute atomic E-state index is 12.7. The van der Waals surface area contributed by atoms with Crippen LogP contribution >= 0.6 is 11.3 Å². The molecule has 0 radical (unpaired) electrons. The van der Waals surface area contributed by atoms with E-state index < -0.39 is 0 Å². The lowest BCUT2D eigenvalue weighted by molar-refractivity contribution is -0.116. The molecule has 1 N–H and O–H groups in total. The Morgan fingerprint density at radius 2 is 2.27 bits per heavy atom. The fourth-order valence-electron chi connectivity index (χ4n) is 3.50. The van der Waals surface area contributed by atoms with Crippen molar-refractivity contribution in [2.45, 2.75) is 45.8 Å². The third kappa shape index (κ3) is 4.55. The molecule has 1 amide bonds. The molecule has 1 fully saturated rings. The standard InChI is InChI=1S/C22H25N3O4S/c1-14-15(2)30-21-20(14)22(27)25(13-23-21)9-8-19(26)24-16-5-3-6-17(11-16)29-12-18-7-4-10-28-18/h3,5-6,11,13,18H,4,7-10,12H2,1-2H3,(H,24,26). The predicted octanol–water partition coefficient (Wildman–Crippen LogP) is 3.66. The monoisotopic (exact) mass is 427 g/mol. The second-order valence-electron chi connectivity index (χ2n) is 7.48. The van der Waals surface area contributed by atoms with E-state index in [1.54, 1.807) is 6.07 Å². The summed E-state index contributed by atoms with van der Waals surface area (Å²) in [4.78, 5) is 31.3. The number of carbonyl (C=O) groups is 1. The molecule has 0 bridgehead atoms. The number of hydrogen-bond acceptors (Lipinski definition) is 6. The fraction of sp³-hybridized carbons (Fsp3) is 0.409. The summed E-state index contributed by atoms with van der Waals surface area (Å²) in [7, 11) is 0. The number of rotatable bonds is 7. The molecule has 0 saturated carbocycles. The topological polar surface area (TPSA) is 82.5 Å². The minimum atomic E-state index is -0.170. The van der Waals surface area contributed by atoms with Crippen LogP contribution in [0.5, 0.6) is 5.75 Å². The Morgan fingerprint density at radius 3 is 3.07 bits per heavy atom. The molecule has 2 aromatic heterocycles. The molecule has 1 atom stereocenters. The molecular formula is C22H25N3O4S. The van der Waals surface area contributed by atoms with E-state index in [-0.39, 0.29) is 30.5 Å². The Balaban J connectivity index is 1.35. The molecule has 30 heavy (non-hydrogen) atoms. The highest BCUT2D eigenvalue weighted by molar-refractivity contribution is 7.18. The van der Waals surface area contributed by atoms with Gasteiger partial charge in [0.2, 0.25) is 5.91 Å². The Hall–Kier alpha value is -2.71. The van der Waals surface area contributed by atoms with Crippen LogP contribution in [0.3, 0.4) is 0 Å². The van der Waals surface area contributed by atoms with Crippen molar-refractivity contribution in [2.75, 3.05) is 18.5 Å². The summed E-state index contributed by atoms with van der Waals surface area (Å²) < 4.78 is 12.8. The number of amides is 1. The molecule has 8 heteroatoms. The third-order valence-corrected chi connectivity index (χ3v) is 6.43. The zero-order valence-corrected chi connectivity index (χ0v) is 18.0. The number of benzene rings is 1. The molecule has 0 aliphatic carbocycles. The van der Waals surface area contributed by atoms with Gasteiger partial charge in [-0.05, 0) is 44.4 Å². The summed E-state index contributed by atoms with van der Waals surface area (Å²) in [6.07, 6.45) is 3.92. The minimum Gasteiger partial charge on any atom is -0.491 e. The number of aryl methyl sites for hydroxylation is 3. The van der Waals surface area contributed by atoms with Gasteiger partial charge in [0.15, 0.2) is 0 Å². The number of nitrogens with zero attached hydrogens (tertiary/aromatic N) is 2. The van der Waals surface area contributed by atoms with Crippen LogP contribution in [0.15, 0.2) is 35.4 Å². The zero-order valence-electron chi connectivity index (χ0n) is 17.1. The quantitative estimate of drug-likeness (QED) is 0.622. The third-order valence-electron chi connectivity index (χ3n) is 5.31. The second-order valence-corrected chi connectivity index (χ2v) is 8.68. The van der Waals surface area contributed by atoms with Crippen LogP contribution in [0.4, 0.5) is 5.69 Å². The van der Waals surface area contributed by atoms with Gasteiger partial charge in [-0.2, -0.15) is 0 Å². The SMILES string of the molecule is Cc1sc2ncn(CCC(=O)Nc3cccc(OCC4CCCO4)c3)c(=O)c2c1C. The van der Waals surface area contributed by atoms with Gasteiger partial charge in [-0.3, -0.25) is 14.2 Å². The van der Waals surface area contributed by atoms with Crippen molar-refractivity contribution in [1.82, 2.24) is 9.55 Å². The lowest BCUT2D eigenvalue weighted by atomic mass is 10.2. The largest absolute Gasteiger partial charge is 0.491 e. The van der Waals surface area contributed by atoms with Crippen LogP contribution in [0.1, 0.15) is 29.7 Å². The van der Waals surface area contributed by atoms with Crippen LogP contribution in [0.2, 0.25) is 0 Å². The molecule has 1 aromatic carbocycles. The molecule has 1 saturated heterocycles. The smallest absolute Gasteiger partial charge is 0.262 e. The fourth-order valence-corrected chi connectivity index (χ4v) is 4.49. The van der Waals surface area contributed by atoms with E-state index >= 15 is 0 Å². The first-order valence-corrected chi connectivity index (χ1v) is 10.9. The number of thiophene rings is 1. The van der Waals surface area contributed by atoms with Crippen LogP contribution in [0, 0.1) is 13.8 Å². The Morgan fingerprint density at radius 1 is 1.40 bits per heavy atom. The van der Waals surface area contributed by atoms with E-state index in [0.717, 1.165) is 34.7 Å². The summed E-state index contributed by atoms with van der Waals surface area (Å²) in [5.74, 6) is 0.522. The maximum Gasteiger partial charge on any atom is 0.262 e. The van der Waals surface area contributed by atoms with Crippen LogP contribution in [-0.4, -0.2) is 34.8 Å². The first-order valence-electron chi connectivity index (χ1n) is 10.1. The summed E-state index contributed by atoms with van der Waals surface area (Å²) in [5.41, 5.74) is 1.53. The van der Waals surface area contributed by atoms with Gasteiger partial charge >= 0.3 is 0 Å². The van der Waals surface area contributed by atoms with E-state index in [1.165, 1.54) is 22.2 Å². The molecule has 1 aliphatic heterocycles. The van der Waals surface area contributed by atoms with Gasteiger partial charge in [-0.1, -0.05) is 6.07 Å². The van der Waals surface area contributed by atoms with Gasteiger partial charge < -0.3 is 14.8 Å². The summed E-state index contributed by atoms with van der Waals surface area (Å²) in [6.45, 7) is 5.50. The molecule has 158 valence electrons. The number of ether oxygens (including phenoxy) is 2. The van der Waals surface area contributed by atoms with Crippen molar-refractivity contribution < 1.29 is 14.3 Å². The van der Waals surface area contributed by atoms with Crippen molar-refractivity contribution in [2.24, 2.45) is 0 Å². The van der Waals surface area contributed by atoms with Gasteiger partial charge in [-0.25, -0.2) is 4.98 Å². The number of anilines is 1. The van der Waals surface area contributed by atoms with Crippen LogP contribution in [0.25, 0.3) is 10.2 Å². The molecular weight excluding hydrogens is 402 g/mol. The number of carbonyl (C=O) groups excluding carboxylic acids is 1. The molecule has 1 unspecified atom stereocenters. The molecule has 0 spiro atoms. The van der Waals surface area contributed by atoms with Crippen molar-refractivity contribution in [3.05, 3.63) is 51.4 Å². The van der Waals surface area contributed by atoms with E-state index in [9.17, 15) is 9.59 Å². The van der Waals surface area contributed by atoms with Crippen molar-refractivity contribution >= 4 is 33.1 Å². The number of aromatic nitrogens is 2. The lowest BCUT2D eigenvalue weighted by Gasteiger charge is -2.12. The van der Waals surface area contributed by atoms with Crippen molar-refractivity contribution in [3.8, 4) is 5.75 Å². The van der Waals surface area contributed by atoms with E-state index in [0.29, 0.717) is 23.4 Å². The molecule has 4 rings (SSSR count). The Labute approximate surface area is 178 Å². The molecule has 3 aromatic rings. The second kappa shape index (κ2) is 8.97. The van der Waals surface area contributed by atoms with Gasteiger partial charge in [0.1, 0.15) is 17.2 Å². The van der Waals surface area contributed by atoms with Gasteiger partial charge in [0, 0.05) is 36.2 Å². The normalized spacial score (nSPS) is 16.1. The Bertz CT molecular complexity index is 1120. The van der Waals surface area contributed by atoms with E-state index in [4.69, 9.17) is 9.47 Å². The number of nitrogens with one attached hydrogen (secondary N) is 1. The average Bonchev–Trinajstić information content (AvgIpc) is 3.35. The molecule has 1 aliphatic rings. The van der Waals surface area contributed by atoms with Crippen LogP contribution < -0.4 is 15.6 Å². The highest BCUT2D eigenvalue weighted by Crippen LogP contribution is 2.25. The molecule has 3 heterocycles. The Kier molecular flexibility index (Phi) is 6.15. The van der Waals surface area contributed by atoms with Crippen molar-refractivity contribution in [3.63, 3.8) is 0 Å². The highest BCUT2D eigenvalue weighted by atomic mass is 32.1. The predicted molar refractivity (Wildman–Crippen MR) is 118 cm³/mol. The number of fused-ring (bicyclic) bond motifs is 1. The highest BCUT2D eigenvalue weighted by Gasteiger charge is 2.16. The first-order chi connectivity index (χ1) is 14.5. The first kappa shape index (κ1) is 20.6. The minimum absolute atomic E-state index is 0.0980. The van der Waals surface area contributed by atoms with Gasteiger partial charge in [0.05, 0.1) is 17.8 Å². The molecule has 7 nitrogen and oxygen atoms in total. The summed E-state index contributed by atoms with van der Waals surface area (Å²) in [6, 6.07) is 7.30. The van der Waals surface area contributed by atoms with Gasteiger partial charge in [-0.15, -0.1) is 11.3 Å². The van der Waals surface area contributed by atoms with Gasteiger partial charge in [0.25, 0.3) is 5.56 Å². The summed E-state index contributed by atoms with van der Waals surface area (Å²) in [5, 5.41) is 3.52. The summed E-state index contributed by atoms with van der Waals surface area (Å²) >= 11 is 1.52. The van der Waals surface area contributed by atoms with E-state index in [1.807, 2.05) is 32.0 Å².